The maximum absolute atomic E-state index is 13.1. The minimum absolute atomic E-state index is 0.0951. The van der Waals surface area contributed by atoms with Gasteiger partial charge in [-0.3, -0.25) is 4.79 Å². The van der Waals surface area contributed by atoms with E-state index in [1.807, 2.05) is 32.0 Å². The van der Waals surface area contributed by atoms with E-state index in [4.69, 9.17) is 10.5 Å². The normalized spacial score (nSPS) is 14.7. The van der Waals surface area contributed by atoms with E-state index in [-0.39, 0.29) is 11.7 Å². The Hall–Kier alpha value is -2.53. The molecule has 0 saturated heterocycles. The average molecular weight is 354 g/mol. The summed E-state index contributed by atoms with van der Waals surface area (Å²) in [6.07, 6.45) is 2.29. The lowest BCUT2D eigenvalue weighted by atomic mass is 9.94. The molecule has 3 N–H and O–H groups in total. The minimum Gasteiger partial charge on any atom is -0.508 e. The fraction of sp³-hybridized carbons (Fsp3) is 0.381. The Morgan fingerprint density at radius 2 is 2.00 bits per heavy atom. The number of aromatic hydroxyl groups is 1. The first-order valence-electron chi connectivity index (χ1n) is 8.94. The first kappa shape index (κ1) is 18.3. The van der Waals surface area contributed by atoms with Crippen molar-refractivity contribution in [2.75, 3.05) is 18.6 Å². The van der Waals surface area contributed by atoms with Crippen molar-refractivity contribution in [2.45, 2.75) is 39.2 Å². The molecule has 1 heterocycles. The molecule has 5 heteroatoms. The van der Waals surface area contributed by atoms with E-state index < -0.39 is 6.04 Å². The van der Waals surface area contributed by atoms with Gasteiger partial charge in [0.05, 0.1) is 18.8 Å². The van der Waals surface area contributed by atoms with Crippen molar-refractivity contribution in [3.63, 3.8) is 0 Å². The smallest absolute Gasteiger partial charge is 0.244 e. The number of nitrogens with zero attached hydrogens (tertiary/aromatic N) is 1. The lowest BCUT2D eigenvalue weighted by Crippen LogP contribution is -2.47. The SMILES string of the molecule is COc1cccc2c1N(C(=O)C(N)Cc1c(C)cc(O)cc1C)CCC2. The Kier molecular flexibility index (Phi) is 5.18. The van der Waals surface area contributed by atoms with Crippen molar-refractivity contribution >= 4 is 11.6 Å². The standard InChI is InChI=1S/C21H26N2O3/c1-13-10-16(24)11-14(2)17(13)12-18(22)21(25)23-9-5-7-15-6-4-8-19(26-3)20(15)23/h4,6,8,10-11,18,24H,5,7,9,12,22H2,1-3H3. The van der Waals surface area contributed by atoms with Gasteiger partial charge in [-0.2, -0.15) is 0 Å². The number of carbonyl (C=O) groups excluding carboxylic acids is 1. The van der Waals surface area contributed by atoms with Crippen LogP contribution in [0.3, 0.4) is 0 Å². The van der Waals surface area contributed by atoms with Crippen LogP contribution in [0.5, 0.6) is 11.5 Å². The molecule has 1 atom stereocenters. The number of rotatable bonds is 4. The van der Waals surface area contributed by atoms with Gasteiger partial charge in [-0.1, -0.05) is 12.1 Å². The maximum atomic E-state index is 13.1. The molecule has 0 radical (unpaired) electrons. The zero-order chi connectivity index (χ0) is 18.8. The highest BCUT2D eigenvalue weighted by Gasteiger charge is 2.29. The van der Waals surface area contributed by atoms with E-state index in [1.54, 1.807) is 24.1 Å². The summed E-state index contributed by atoms with van der Waals surface area (Å²) in [6.45, 7) is 4.50. The van der Waals surface area contributed by atoms with Crippen LogP contribution in [-0.2, 0) is 17.6 Å². The number of methoxy groups -OCH3 is 1. The van der Waals surface area contributed by atoms with Crippen molar-refractivity contribution in [2.24, 2.45) is 5.73 Å². The highest BCUT2D eigenvalue weighted by molar-refractivity contribution is 5.99. The van der Waals surface area contributed by atoms with Crippen molar-refractivity contribution in [1.82, 2.24) is 0 Å². The second-order valence-corrected chi connectivity index (χ2v) is 6.93. The van der Waals surface area contributed by atoms with Gasteiger partial charge >= 0.3 is 0 Å². The molecule has 1 amide bonds. The van der Waals surface area contributed by atoms with E-state index >= 15 is 0 Å². The summed E-state index contributed by atoms with van der Waals surface area (Å²) in [4.78, 5) is 14.9. The Bertz CT molecular complexity index is 795. The number of fused-ring (bicyclic) bond motifs is 1. The number of para-hydroxylation sites is 1. The minimum atomic E-state index is -0.646. The summed E-state index contributed by atoms with van der Waals surface area (Å²) in [7, 11) is 1.62. The van der Waals surface area contributed by atoms with E-state index in [1.165, 1.54) is 0 Å². The molecule has 0 bridgehead atoms. The highest BCUT2D eigenvalue weighted by Crippen LogP contribution is 2.36. The predicted octanol–water partition coefficient (Wildman–Crippen LogP) is 2.87. The van der Waals surface area contributed by atoms with Gasteiger partial charge in [-0.15, -0.1) is 0 Å². The van der Waals surface area contributed by atoms with Crippen molar-refractivity contribution < 1.29 is 14.6 Å². The Morgan fingerprint density at radius 3 is 2.65 bits per heavy atom. The van der Waals surface area contributed by atoms with Gasteiger partial charge in [-0.05, 0) is 73.6 Å². The molecule has 0 saturated carbocycles. The molecule has 138 valence electrons. The number of hydrogen-bond acceptors (Lipinski definition) is 4. The van der Waals surface area contributed by atoms with Crippen molar-refractivity contribution in [3.05, 3.63) is 52.6 Å². The molecule has 2 aromatic rings. The summed E-state index contributed by atoms with van der Waals surface area (Å²) in [6, 6.07) is 8.64. The van der Waals surface area contributed by atoms with E-state index in [9.17, 15) is 9.90 Å². The molecule has 2 aromatic carbocycles. The van der Waals surface area contributed by atoms with Gasteiger partial charge in [0.25, 0.3) is 0 Å². The summed E-state index contributed by atoms with van der Waals surface area (Å²) >= 11 is 0. The lowest BCUT2D eigenvalue weighted by Gasteiger charge is -2.32. The quantitative estimate of drug-likeness (QED) is 0.885. The summed E-state index contributed by atoms with van der Waals surface area (Å²) in [5, 5.41) is 9.71. The molecule has 5 nitrogen and oxygen atoms in total. The summed E-state index contributed by atoms with van der Waals surface area (Å²) < 4.78 is 5.48. The fourth-order valence-electron chi connectivity index (χ4n) is 3.80. The average Bonchev–Trinajstić information content (AvgIpc) is 2.62. The molecule has 0 fully saturated rings. The van der Waals surface area contributed by atoms with E-state index in [0.29, 0.717) is 18.7 Å². The van der Waals surface area contributed by atoms with Crippen LogP contribution in [0.25, 0.3) is 0 Å². The third kappa shape index (κ3) is 3.40. The van der Waals surface area contributed by atoms with Crippen LogP contribution in [0.2, 0.25) is 0 Å². The maximum Gasteiger partial charge on any atom is 0.244 e. The molecule has 26 heavy (non-hydrogen) atoms. The second-order valence-electron chi connectivity index (χ2n) is 6.93. The molecule has 0 aliphatic carbocycles. The molecule has 3 rings (SSSR count). The number of amides is 1. The molecule has 0 aromatic heterocycles. The number of benzene rings is 2. The first-order valence-corrected chi connectivity index (χ1v) is 8.94. The first-order chi connectivity index (χ1) is 12.4. The Labute approximate surface area is 154 Å². The van der Waals surface area contributed by atoms with Gasteiger partial charge < -0.3 is 20.5 Å². The zero-order valence-corrected chi connectivity index (χ0v) is 15.6. The van der Waals surface area contributed by atoms with E-state index in [0.717, 1.165) is 40.8 Å². The van der Waals surface area contributed by atoms with Gasteiger partial charge in [-0.25, -0.2) is 0 Å². The van der Waals surface area contributed by atoms with Gasteiger partial charge in [0, 0.05) is 6.54 Å². The Balaban J connectivity index is 1.87. The molecule has 1 unspecified atom stereocenters. The monoisotopic (exact) mass is 354 g/mol. The summed E-state index contributed by atoms with van der Waals surface area (Å²) in [5.41, 5.74) is 11.2. The zero-order valence-electron chi connectivity index (χ0n) is 15.6. The van der Waals surface area contributed by atoms with Crippen LogP contribution in [0.4, 0.5) is 5.69 Å². The number of phenols is 1. The highest BCUT2D eigenvalue weighted by atomic mass is 16.5. The van der Waals surface area contributed by atoms with Crippen LogP contribution >= 0.6 is 0 Å². The van der Waals surface area contributed by atoms with Crippen LogP contribution in [-0.4, -0.2) is 30.7 Å². The molecular formula is C21H26N2O3. The topological polar surface area (TPSA) is 75.8 Å². The van der Waals surface area contributed by atoms with Gasteiger partial charge in [0.2, 0.25) is 5.91 Å². The number of hydrogen-bond donors (Lipinski definition) is 2. The molecule has 1 aliphatic rings. The van der Waals surface area contributed by atoms with E-state index in [2.05, 4.69) is 0 Å². The lowest BCUT2D eigenvalue weighted by molar-refractivity contribution is -0.119. The number of phenolic OH excluding ortho intramolecular Hbond substituents is 1. The van der Waals surface area contributed by atoms with Crippen LogP contribution in [0.15, 0.2) is 30.3 Å². The number of aryl methyl sites for hydroxylation is 3. The number of anilines is 1. The van der Waals surface area contributed by atoms with Crippen molar-refractivity contribution in [3.8, 4) is 11.5 Å². The third-order valence-corrected chi connectivity index (χ3v) is 5.09. The van der Waals surface area contributed by atoms with Crippen molar-refractivity contribution in [1.29, 1.82) is 0 Å². The van der Waals surface area contributed by atoms with Crippen LogP contribution < -0.4 is 15.4 Å². The number of ether oxygens (including phenoxy) is 1. The second kappa shape index (κ2) is 7.38. The third-order valence-electron chi connectivity index (χ3n) is 5.09. The number of nitrogens with two attached hydrogens (primary N) is 1. The largest absolute Gasteiger partial charge is 0.508 e. The van der Waals surface area contributed by atoms with Gasteiger partial charge in [0.15, 0.2) is 0 Å². The number of carbonyl (C=O) groups is 1. The fourth-order valence-corrected chi connectivity index (χ4v) is 3.80. The van der Waals surface area contributed by atoms with Gasteiger partial charge in [0.1, 0.15) is 11.5 Å². The summed E-state index contributed by atoms with van der Waals surface area (Å²) in [5.74, 6) is 0.848. The predicted molar refractivity (Wildman–Crippen MR) is 103 cm³/mol. The molecule has 1 aliphatic heterocycles. The molecular weight excluding hydrogens is 328 g/mol. The molecule has 0 spiro atoms. The van der Waals surface area contributed by atoms with Crippen LogP contribution in [0.1, 0.15) is 28.7 Å². The Morgan fingerprint density at radius 1 is 1.31 bits per heavy atom. The van der Waals surface area contributed by atoms with Crippen LogP contribution in [0, 0.1) is 13.8 Å².